The van der Waals surface area contributed by atoms with Crippen LogP contribution in [0.2, 0.25) is 0 Å². The number of rotatable bonds is 6. The van der Waals surface area contributed by atoms with Crippen molar-refractivity contribution in [1.29, 1.82) is 0 Å². The molecule has 4 heterocycles. The van der Waals surface area contributed by atoms with Gasteiger partial charge in [-0.3, -0.25) is 14.2 Å². The molecule has 0 unspecified atom stereocenters. The lowest BCUT2D eigenvalue weighted by Crippen LogP contribution is -2.27. The molecule has 2 N–H and O–H groups in total. The molecule has 39 heavy (non-hydrogen) atoms. The summed E-state index contributed by atoms with van der Waals surface area (Å²) >= 11 is 0. The van der Waals surface area contributed by atoms with Gasteiger partial charge in [0.1, 0.15) is 11.5 Å². The number of nitrogens with one attached hydrogen (secondary N) is 2. The predicted molar refractivity (Wildman–Crippen MR) is 138 cm³/mol. The molecule has 1 aliphatic heterocycles. The van der Waals surface area contributed by atoms with E-state index in [1.54, 1.807) is 0 Å². The van der Waals surface area contributed by atoms with Crippen molar-refractivity contribution in [2.75, 3.05) is 11.9 Å². The van der Waals surface area contributed by atoms with Crippen LogP contribution >= 0.6 is 0 Å². The first-order valence-electron chi connectivity index (χ1n) is 13.0. The van der Waals surface area contributed by atoms with Crippen LogP contribution in [-0.4, -0.2) is 43.1 Å². The molecule has 1 saturated carbocycles. The Morgan fingerprint density at radius 3 is 2.69 bits per heavy atom. The number of carbonyl (C=O) groups excluding carboxylic acids is 1. The summed E-state index contributed by atoms with van der Waals surface area (Å²) < 4.78 is 49.1. The lowest BCUT2D eigenvalue weighted by Gasteiger charge is -2.29. The Labute approximate surface area is 222 Å². The number of amides is 1. The van der Waals surface area contributed by atoms with Gasteiger partial charge in [-0.25, -0.2) is 4.98 Å². The number of carbonyl (C=O) groups is 1. The normalized spacial score (nSPS) is 19.3. The Hall–Kier alpha value is -4.09. The van der Waals surface area contributed by atoms with Crippen molar-refractivity contribution in [3.05, 3.63) is 53.5 Å². The quantitative estimate of drug-likeness (QED) is 0.354. The van der Waals surface area contributed by atoms with Crippen molar-refractivity contribution in [2.45, 2.75) is 57.5 Å². The number of aromatic nitrogens is 5. The molecule has 2 aliphatic rings. The molecule has 1 aliphatic carbocycles. The zero-order valence-electron chi connectivity index (χ0n) is 21.5. The van der Waals surface area contributed by atoms with E-state index >= 15 is 0 Å². The third-order valence-electron chi connectivity index (χ3n) is 7.36. The average molecular weight is 540 g/mol. The Morgan fingerprint density at radius 2 is 1.95 bits per heavy atom. The molecule has 3 aromatic heterocycles. The van der Waals surface area contributed by atoms with Crippen molar-refractivity contribution in [2.24, 2.45) is 7.05 Å². The van der Waals surface area contributed by atoms with Crippen LogP contribution in [0.3, 0.4) is 0 Å². The molecule has 1 amide bonds. The number of hydrogen-bond donors (Lipinski definition) is 2. The number of benzene rings is 1. The average Bonchev–Trinajstić information content (AvgIpc) is 3.59. The molecular weight excluding hydrogens is 511 g/mol. The van der Waals surface area contributed by atoms with E-state index in [1.165, 1.54) is 13.2 Å². The maximum Gasteiger partial charge on any atom is 0.438 e. The maximum absolute atomic E-state index is 13.4. The molecule has 1 fully saturated rings. The highest BCUT2D eigenvalue weighted by Gasteiger charge is 2.39. The highest BCUT2D eigenvalue weighted by Crippen LogP contribution is 2.39. The largest absolute Gasteiger partial charge is 0.486 e. The fraction of sp³-hybridized carbons (Fsp3) is 0.407. The first kappa shape index (κ1) is 25.2. The van der Waals surface area contributed by atoms with E-state index < -0.39 is 11.9 Å². The first-order chi connectivity index (χ1) is 18.7. The van der Waals surface area contributed by atoms with Gasteiger partial charge in [0.05, 0.1) is 23.9 Å². The second-order valence-corrected chi connectivity index (χ2v) is 10.0. The Bertz CT molecular complexity index is 1550. The summed E-state index contributed by atoms with van der Waals surface area (Å²) in [4.78, 5) is 16.6. The van der Waals surface area contributed by atoms with Crippen LogP contribution in [0.1, 0.15) is 60.3 Å². The minimum Gasteiger partial charge on any atom is -0.486 e. The van der Waals surface area contributed by atoms with Crippen LogP contribution in [-0.2, 0) is 19.8 Å². The van der Waals surface area contributed by atoms with Gasteiger partial charge in [0.2, 0.25) is 5.69 Å². The standard InChI is InChI=1S/C27H28F3N7O2/c1-3-31-23-11-21-20(13-32-23)24(15-4-9-19-16(10-15)12-33-26(19)38)34-37(21)17-5-7-18(8-6-17)39-22-14-36(2)35-25(22)27(28,29)30/h4,9-11,13-14,17-18H,3,5-8,12H2,1-2H3,(H,31,32)(H,33,38)/t17-,18+. The van der Waals surface area contributed by atoms with Gasteiger partial charge in [-0.2, -0.15) is 23.4 Å². The minimum absolute atomic E-state index is 0.0478. The number of hydrogen-bond acceptors (Lipinski definition) is 6. The Kier molecular flexibility index (Phi) is 6.19. The van der Waals surface area contributed by atoms with E-state index in [-0.39, 0.29) is 23.8 Å². The molecule has 12 heteroatoms. The number of anilines is 1. The zero-order valence-corrected chi connectivity index (χ0v) is 21.5. The van der Waals surface area contributed by atoms with E-state index in [2.05, 4.69) is 20.7 Å². The first-order valence-corrected chi connectivity index (χ1v) is 13.0. The molecular formula is C27H28F3N7O2. The van der Waals surface area contributed by atoms with Crippen LogP contribution in [0.4, 0.5) is 19.0 Å². The van der Waals surface area contributed by atoms with Crippen LogP contribution < -0.4 is 15.4 Å². The smallest absolute Gasteiger partial charge is 0.438 e. The summed E-state index contributed by atoms with van der Waals surface area (Å²) in [6, 6.07) is 7.77. The van der Waals surface area contributed by atoms with Crippen LogP contribution in [0.15, 0.2) is 36.7 Å². The molecule has 204 valence electrons. The predicted octanol–water partition coefficient (Wildman–Crippen LogP) is 5.09. The summed E-state index contributed by atoms with van der Waals surface area (Å²) in [5.41, 5.74) is 3.23. The molecule has 1 aromatic carbocycles. The van der Waals surface area contributed by atoms with E-state index in [0.29, 0.717) is 37.8 Å². The molecule has 0 bridgehead atoms. The number of nitrogens with zero attached hydrogens (tertiary/aromatic N) is 5. The van der Waals surface area contributed by atoms with Crippen LogP contribution in [0.5, 0.6) is 5.75 Å². The molecule has 0 radical (unpaired) electrons. The summed E-state index contributed by atoms with van der Waals surface area (Å²) in [7, 11) is 1.45. The third kappa shape index (κ3) is 4.68. The van der Waals surface area contributed by atoms with Gasteiger partial charge >= 0.3 is 6.18 Å². The summed E-state index contributed by atoms with van der Waals surface area (Å²) in [6.45, 7) is 3.21. The van der Waals surface area contributed by atoms with Gasteiger partial charge in [-0.05, 0) is 50.3 Å². The van der Waals surface area contributed by atoms with E-state index in [4.69, 9.17) is 9.84 Å². The second-order valence-electron chi connectivity index (χ2n) is 10.0. The topological polar surface area (TPSA) is 98.9 Å². The fourth-order valence-electron chi connectivity index (χ4n) is 5.52. The van der Waals surface area contributed by atoms with Gasteiger partial charge in [-0.15, -0.1) is 0 Å². The number of pyridine rings is 1. The van der Waals surface area contributed by atoms with Crippen molar-refractivity contribution in [1.82, 2.24) is 29.9 Å². The van der Waals surface area contributed by atoms with E-state index in [9.17, 15) is 18.0 Å². The van der Waals surface area contributed by atoms with Crippen molar-refractivity contribution >= 4 is 22.6 Å². The Morgan fingerprint density at radius 1 is 1.15 bits per heavy atom. The van der Waals surface area contributed by atoms with Crippen molar-refractivity contribution in [3.63, 3.8) is 0 Å². The van der Waals surface area contributed by atoms with E-state index in [1.807, 2.05) is 42.1 Å². The Balaban J connectivity index is 1.28. The van der Waals surface area contributed by atoms with E-state index in [0.717, 1.165) is 44.8 Å². The summed E-state index contributed by atoms with van der Waals surface area (Å²) in [6.07, 6.45) is 0.756. The van der Waals surface area contributed by atoms with Gasteiger partial charge in [0, 0.05) is 48.9 Å². The van der Waals surface area contributed by atoms with Gasteiger partial charge in [0.15, 0.2) is 5.75 Å². The number of ether oxygens (including phenoxy) is 1. The molecule has 0 atom stereocenters. The lowest BCUT2D eigenvalue weighted by molar-refractivity contribution is -0.143. The highest BCUT2D eigenvalue weighted by molar-refractivity contribution is 6.00. The number of aryl methyl sites for hydroxylation is 1. The monoisotopic (exact) mass is 539 g/mol. The van der Waals surface area contributed by atoms with Gasteiger partial charge < -0.3 is 15.4 Å². The SMILES string of the molecule is CCNc1cc2c(cn1)c(-c1ccc3c(c1)CNC3=O)nn2[C@H]1CC[C@@H](Oc2cn(C)nc2C(F)(F)F)CC1. The summed E-state index contributed by atoms with van der Waals surface area (Å²) in [5, 5.41) is 15.6. The number of fused-ring (bicyclic) bond motifs is 2. The van der Waals surface area contributed by atoms with Crippen LogP contribution in [0.25, 0.3) is 22.2 Å². The van der Waals surface area contributed by atoms with Gasteiger partial charge in [-0.1, -0.05) is 6.07 Å². The molecule has 0 spiro atoms. The third-order valence-corrected chi connectivity index (χ3v) is 7.36. The van der Waals surface area contributed by atoms with Crippen molar-refractivity contribution in [3.8, 4) is 17.0 Å². The van der Waals surface area contributed by atoms with Crippen molar-refractivity contribution < 1.29 is 22.7 Å². The molecule has 6 rings (SSSR count). The molecule has 9 nitrogen and oxygen atoms in total. The minimum atomic E-state index is -4.57. The zero-order chi connectivity index (χ0) is 27.3. The molecule has 4 aromatic rings. The molecule has 0 saturated heterocycles. The lowest BCUT2D eigenvalue weighted by atomic mass is 9.93. The number of alkyl halides is 3. The summed E-state index contributed by atoms with van der Waals surface area (Å²) in [5.74, 6) is 0.442. The van der Waals surface area contributed by atoms with Gasteiger partial charge in [0.25, 0.3) is 5.91 Å². The maximum atomic E-state index is 13.4. The fourth-order valence-corrected chi connectivity index (χ4v) is 5.52. The number of halogens is 3. The highest BCUT2D eigenvalue weighted by atomic mass is 19.4. The second kappa shape index (κ2) is 9.58. The van der Waals surface area contributed by atoms with Crippen LogP contribution in [0, 0.1) is 0 Å².